The Kier molecular flexibility index (Phi) is 6.38. The van der Waals surface area contributed by atoms with Gasteiger partial charge in [-0.2, -0.15) is 0 Å². The highest BCUT2D eigenvalue weighted by atomic mass is 32.2. The molecular weight excluding hydrogens is 324 g/mol. The fourth-order valence-corrected chi connectivity index (χ4v) is 3.34. The smallest absolute Gasteiger partial charge is 0.313 e. The minimum absolute atomic E-state index is 0.0393. The number of hydrogen-bond donors (Lipinski definition) is 1. The molecule has 0 unspecified atom stereocenters. The Morgan fingerprint density at radius 2 is 1.87 bits per heavy atom. The first-order valence-electron chi connectivity index (χ1n) is 7.47. The highest BCUT2D eigenvalue weighted by Gasteiger charge is 2.23. The molecule has 1 aliphatic heterocycles. The Hall–Kier alpha value is -1.63. The number of benzene rings is 1. The number of amides is 1. The molecule has 1 heterocycles. The number of aliphatic carboxylic acids is 1. The van der Waals surface area contributed by atoms with Crippen LogP contribution in [-0.4, -0.2) is 46.5 Å². The van der Waals surface area contributed by atoms with Gasteiger partial charge in [0.1, 0.15) is 0 Å². The fourth-order valence-electron chi connectivity index (χ4n) is 2.70. The van der Waals surface area contributed by atoms with Crippen molar-refractivity contribution >= 4 is 23.6 Å². The van der Waals surface area contributed by atoms with E-state index in [0.29, 0.717) is 25.4 Å². The van der Waals surface area contributed by atoms with Crippen LogP contribution in [0.1, 0.15) is 18.4 Å². The topological polar surface area (TPSA) is 57.6 Å². The van der Waals surface area contributed by atoms with Gasteiger partial charge in [0.05, 0.1) is 11.5 Å². The molecular formula is C16H19F2NO3S. The minimum atomic E-state index is -0.923. The van der Waals surface area contributed by atoms with Crippen LogP contribution in [0.2, 0.25) is 0 Å². The van der Waals surface area contributed by atoms with E-state index in [4.69, 9.17) is 5.11 Å². The molecule has 4 nitrogen and oxygen atoms in total. The predicted molar refractivity (Wildman–Crippen MR) is 84.3 cm³/mol. The van der Waals surface area contributed by atoms with Crippen molar-refractivity contribution in [2.75, 3.05) is 24.6 Å². The molecule has 0 aliphatic carbocycles. The van der Waals surface area contributed by atoms with Crippen LogP contribution >= 0.6 is 11.8 Å². The summed E-state index contributed by atoms with van der Waals surface area (Å²) < 4.78 is 26.1. The molecule has 0 bridgehead atoms. The molecule has 0 aromatic heterocycles. The molecule has 1 aliphatic rings. The standard InChI is InChI=1S/C16H19F2NO3S/c17-13-2-1-12(8-14(13)18)7-11-3-5-19(6-4-11)15(20)9-23-10-16(21)22/h1-2,8,11H,3-7,9-10H2,(H,21,22). The Balaban J connectivity index is 1.76. The van der Waals surface area contributed by atoms with Gasteiger partial charge in [0, 0.05) is 13.1 Å². The highest BCUT2D eigenvalue weighted by Crippen LogP contribution is 2.23. The van der Waals surface area contributed by atoms with Crippen molar-refractivity contribution in [2.45, 2.75) is 19.3 Å². The van der Waals surface area contributed by atoms with E-state index in [0.717, 1.165) is 36.2 Å². The zero-order valence-corrected chi connectivity index (χ0v) is 13.5. The molecule has 0 spiro atoms. The number of carbonyl (C=O) groups excluding carboxylic acids is 1. The second kappa shape index (κ2) is 8.29. The van der Waals surface area contributed by atoms with Crippen LogP contribution in [0.15, 0.2) is 18.2 Å². The minimum Gasteiger partial charge on any atom is -0.481 e. The van der Waals surface area contributed by atoms with Crippen molar-refractivity contribution in [3.8, 4) is 0 Å². The molecule has 0 atom stereocenters. The van der Waals surface area contributed by atoms with Gasteiger partial charge in [-0.25, -0.2) is 8.78 Å². The van der Waals surface area contributed by atoms with Gasteiger partial charge in [-0.05, 0) is 42.9 Å². The zero-order chi connectivity index (χ0) is 16.8. The van der Waals surface area contributed by atoms with Gasteiger partial charge >= 0.3 is 5.97 Å². The quantitative estimate of drug-likeness (QED) is 0.862. The van der Waals surface area contributed by atoms with Crippen LogP contribution in [0.4, 0.5) is 8.78 Å². The van der Waals surface area contributed by atoms with Crippen molar-refractivity contribution in [2.24, 2.45) is 5.92 Å². The summed E-state index contributed by atoms with van der Waals surface area (Å²) in [6.07, 6.45) is 2.30. The average molecular weight is 343 g/mol. The molecule has 0 radical (unpaired) electrons. The number of likely N-dealkylation sites (tertiary alicyclic amines) is 1. The van der Waals surface area contributed by atoms with Gasteiger partial charge in [-0.1, -0.05) is 6.07 Å². The van der Waals surface area contributed by atoms with E-state index >= 15 is 0 Å². The van der Waals surface area contributed by atoms with Gasteiger partial charge in [0.25, 0.3) is 0 Å². The number of piperidine rings is 1. The summed E-state index contributed by atoms with van der Waals surface area (Å²) in [5, 5.41) is 8.55. The number of hydrogen-bond acceptors (Lipinski definition) is 3. The number of nitrogens with zero attached hydrogens (tertiary/aromatic N) is 1. The van der Waals surface area contributed by atoms with Gasteiger partial charge in [-0.3, -0.25) is 9.59 Å². The molecule has 1 amide bonds. The summed E-state index contributed by atoms with van der Waals surface area (Å²) in [4.78, 5) is 24.1. The van der Waals surface area contributed by atoms with Gasteiger partial charge in [0.2, 0.25) is 5.91 Å². The van der Waals surface area contributed by atoms with Crippen LogP contribution in [-0.2, 0) is 16.0 Å². The number of halogens is 2. The van der Waals surface area contributed by atoms with Gasteiger partial charge in [0.15, 0.2) is 11.6 Å². The number of carboxylic acids is 1. The van der Waals surface area contributed by atoms with Crippen molar-refractivity contribution in [1.29, 1.82) is 0 Å². The SMILES string of the molecule is O=C(O)CSCC(=O)N1CCC(Cc2ccc(F)c(F)c2)CC1. The highest BCUT2D eigenvalue weighted by molar-refractivity contribution is 8.00. The van der Waals surface area contributed by atoms with E-state index in [2.05, 4.69) is 0 Å². The van der Waals surface area contributed by atoms with E-state index in [1.165, 1.54) is 6.07 Å². The molecule has 126 valence electrons. The number of thioether (sulfide) groups is 1. The second-order valence-corrected chi connectivity index (χ2v) is 6.65. The zero-order valence-electron chi connectivity index (χ0n) is 12.6. The molecule has 1 fully saturated rings. The lowest BCUT2D eigenvalue weighted by Gasteiger charge is -2.32. The molecule has 23 heavy (non-hydrogen) atoms. The molecule has 1 aromatic rings. The third-order valence-corrected chi connectivity index (χ3v) is 4.83. The number of carbonyl (C=O) groups is 2. The molecule has 1 aromatic carbocycles. The van der Waals surface area contributed by atoms with E-state index in [1.54, 1.807) is 11.0 Å². The molecule has 2 rings (SSSR count). The third-order valence-electron chi connectivity index (χ3n) is 3.93. The van der Waals surface area contributed by atoms with Crippen LogP contribution in [0.3, 0.4) is 0 Å². The first-order chi connectivity index (χ1) is 11.0. The summed E-state index contributed by atoms with van der Waals surface area (Å²) in [7, 11) is 0. The normalized spacial score (nSPS) is 15.7. The average Bonchev–Trinajstić information content (AvgIpc) is 2.51. The van der Waals surface area contributed by atoms with Crippen molar-refractivity contribution in [3.05, 3.63) is 35.4 Å². The Labute approximate surface area is 137 Å². The lowest BCUT2D eigenvalue weighted by Crippen LogP contribution is -2.40. The number of carboxylic acid groups (broad SMARTS) is 1. The summed E-state index contributed by atoms with van der Waals surface area (Å²) in [5.74, 6) is -2.18. The molecule has 0 saturated carbocycles. The Morgan fingerprint density at radius 3 is 2.48 bits per heavy atom. The second-order valence-electron chi connectivity index (χ2n) is 5.66. The lowest BCUT2D eigenvalue weighted by molar-refractivity contribution is -0.133. The molecule has 7 heteroatoms. The maximum atomic E-state index is 13.2. The first kappa shape index (κ1) is 17.7. The molecule has 1 N–H and O–H groups in total. The van der Waals surface area contributed by atoms with Gasteiger partial charge < -0.3 is 10.0 Å². The van der Waals surface area contributed by atoms with E-state index < -0.39 is 17.6 Å². The van der Waals surface area contributed by atoms with Crippen molar-refractivity contribution < 1.29 is 23.5 Å². The monoisotopic (exact) mass is 343 g/mol. The lowest BCUT2D eigenvalue weighted by atomic mass is 9.90. The maximum absolute atomic E-state index is 13.2. The van der Waals surface area contributed by atoms with Crippen LogP contribution in [0.25, 0.3) is 0 Å². The largest absolute Gasteiger partial charge is 0.481 e. The van der Waals surface area contributed by atoms with Gasteiger partial charge in [-0.15, -0.1) is 11.8 Å². The summed E-state index contributed by atoms with van der Waals surface area (Å²) in [6.45, 7) is 1.25. The van der Waals surface area contributed by atoms with E-state index in [1.807, 2.05) is 0 Å². The van der Waals surface area contributed by atoms with E-state index in [-0.39, 0.29) is 17.4 Å². The summed E-state index contributed by atoms with van der Waals surface area (Å²) in [5.41, 5.74) is 0.769. The van der Waals surface area contributed by atoms with Crippen LogP contribution in [0, 0.1) is 17.6 Å². The number of rotatable bonds is 6. The Bertz CT molecular complexity index is 574. The fraction of sp³-hybridized carbons (Fsp3) is 0.500. The van der Waals surface area contributed by atoms with E-state index in [9.17, 15) is 18.4 Å². The summed E-state index contributed by atoms with van der Waals surface area (Å²) >= 11 is 1.10. The molecule has 1 saturated heterocycles. The van der Waals surface area contributed by atoms with Crippen LogP contribution in [0.5, 0.6) is 0 Å². The third kappa shape index (κ3) is 5.49. The van der Waals surface area contributed by atoms with Crippen LogP contribution < -0.4 is 0 Å². The Morgan fingerprint density at radius 1 is 1.17 bits per heavy atom. The summed E-state index contributed by atoms with van der Waals surface area (Å²) in [6, 6.07) is 3.97. The predicted octanol–water partition coefficient (Wildman–Crippen LogP) is 2.56. The maximum Gasteiger partial charge on any atom is 0.313 e. The van der Waals surface area contributed by atoms with Crippen molar-refractivity contribution in [1.82, 2.24) is 4.90 Å². The first-order valence-corrected chi connectivity index (χ1v) is 8.62. The van der Waals surface area contributed by atoms with Crippen molar-refractivity contribution in [3.63, 3.8) is 0 Å².